The summed E-state index contributed by atoms with van der Waals surface area (Å²) in [6.45, 7) is 5.72. The fourth-order valence-electron chi connectivity index (χ4n) is 3.44. The first-order chi connectivity index (χ1) is 13.1. The second kappa shape index (κ2) is 7.30. The molecule has 8 nitrogen and oxygen atoms in total. The summed E-state index contributed by atoms with van der Waals surface area (Å²) in [5, 5.41) is 8.36. The normalized spacial score (nSPS) is 17.4. The van der Waals surface area contributed by atoms with Crippen LogP contribution in [0.3, 0.4) is 0 Å². The van der Waals surface area contributed by atoms with E-state index in [0.717, 1.165) is 30.4 Å². The molecule has 1 saturated heterocycles. The van der Waals surface area contributed by atoms with E-state index >= 15 is 0 Å². The van der Waals surface area contributed by atoms with Crippen LogP contribution in [0.15, 0.2) is 36.9 Å². The number of carbonyl (C=O) groups excluding carboxylic acids is 1. The number of anilines is 1. The van der Waals surface area contributed by atoms with Gasteiger partial charge in [-0.2, -0.15) is 5.10 Å². The molecule has 1 unspecified atom stereocenters. The van der Waals surface area contributed by atoms with E-state index in [2.05, 4.69) is 44.1 Å². The molecule has 1 aliphatic rings. The van der Waals surface area contributed by atoms with Crippen LogP contribution in [0.2, 0.25) is 0 Å². The molecular weight excluding hydrogens is 342 g/mol. The molecule has 0 saturated carbocycles. The molecule has 1 atom stereocenters. The van der Waals surface area contributed by atoms with Gasteiger partial charge < -0.3 is 10.2 Å². The summed E-state index contributed by atoms with van der Waals surface area (Å²) in [5.41, 5.74) is 1.35. The van der Waals surface area contributed by atoms with Gasteiger partial charge in [0.1, 0.15) is 0 Å². The SMILES string of the molecule is CC(C)n1ncc2cc(C(=O)NC3CCCN(c4ncccn4)C3)cnc21. The standard InChI is InChI=1S/C19H23N7O/c1-13(2)26-17-14(11-23-26)9-15(10-22-17)18(27)24-16-5-3-8-25(12-16)19-20-6-4-7-21-19/h4,6-7,9-11,13,16H,3,5,8,12H2,1-2H3,(H,24,27). The highest BCUT2D eigenvalue weighted by Crippen LogP contribution is 2.18. The fraction of sp³-hybridized carbons (Fsp3) is 0.421. The van der Waals surface area contributed by atoms with Crippen LogP contribution in [0.1, 0.15) is 43.1 Å². The first-order valence-electron chi connectivity index (χ1n) is 9.28. The van der Waals surface area contributed by atoms with E-state index in [1.165, 1.54) is 0 Å². The van der Waals surface area contributed by atoms with Gasteiger partial charge in [-0.1, -0.05) is 0 Å². The molecule has 3 aromatic heterocycles. The molecule has 0 spiro atoms. The maximum Gasteiger partial charge on any atom is 0.253 e. The van der Waals surface area contributed by atoms with Crippen LogP contribution in [0.25, 0.3) is 11.0 Å². The van der Waals surface area contributed by atoms with Gasteiger partial charge in [0.15, 0.2) is 5.65 Å². The average Bonchev–Trinajstić information content (AvgIpc) is 3.12. The predicted molar refractivity (Wildman–Crippen MR) is 103 cm³/mol. The van der Waals surface area contributed by atoms with Crippen LogP contribution < -0.4 is 10.2 Å². The van der Waals surface area contributed by atoms with Gasteiger partial charge in [-0.3, -0.25) is 4.79 Å². The van der Waals surface area contributed by atoms with Gasteiger partial charge in [0.25, 0.3) is 5.91 Å². The lowest BCUT2D eigenvalue weighted by Gasteiger charge is -2.33. The van der Waals surface area contributed by atoms with Crippen molar-refractivity contribution in [3.05, 3.63) is 42.5 Å². The van der Waals surface area contributed by atoms with E-state index in [1.54, 1.807) is 30.9 Å². The Kier molecular flexibility index (Phi) is 4.70. The van der Waals surface area contributed by atoms with Gasteiger partial charge >= 0.3 is 0 Å². The molecule has 4 heterocycles. The van der Waals surface area contributed by atoms with Crippen molar-refractivity contribution < 1.29 is 4.79 Å². The van der Waals surface area contributed by atoms with Gasteiger partial charge in [0.05, 0.1) is 11.8 Å². The minimum Gasteiger partial charge on any atom is -0.347 e. The van der Waals surface area contributed by atoms with Gasteiger partial charge in [0, 0.05) is 49.1 Å². The Balaban J connectivity index is 1.46. The number of rotatable bonds is 4. The number of piperidine rings is 1. The zero-order valence-electron chi connectivity index (χ0n) is 15.5. The molecule has 0 aromatic carbocycles. The Morgan fingerprint density at radius 1 is 1.22 bits per heavy atom. The molecule has 1 fully saturated rings. The molecular formula is C19H23N7O. The first-order valence-corrected chi connectivity index (χ1v) is 9.28. The van der Waals surface area contributed by atoms with Gasteiger partial charge in [0.2, 0.25) is 5.95 Å². The third-order valence-electron chi connectivity index (χ3n) is 4.78. The van der Waals surface area contributed by atoms with Crippen molar-refractivity contribution in [2.24, 2.45) is 0 Å². The lowest BCUT2D eigenvalue weighted by Crippen LogP contribution is -2.48. The Bertz CT molecular complexity index is 938. The zero-order valence-corrected chi connectivity index (χ0v) is 15.5. The molecule has 3 aromatic rings. The molecule has 27 heavy (non-hydrogen) atoms. The summed E-state index contributed by atoms with van der Waals surface area (Å²) in [7, 11) is 0. The zero-order chi connectivity index (χ0) is 18.8. The van der Waals surface area contributed by atoms with Crippen molar-refractivity contribution in [2.45, 2.75) is 38.8 Å². The number of nitrogens with one attached hydrogen (secondary N) is 1. The number of nitrogens with zero attached hydrogens (tertiary/aromatic N) is 6. The molecule has 8 heteroatoms. The summed E-state index contributed by atoms with van der Waals surface area (Å²) in [5.74, 6) is 0.600. The molecule has 0 radical (unpaired) electrons. The number of carbonyl (C=O) groups is 1. The van der Waals surface area contributed by atoms with Crippen LogP contribution in [-0.2, 0) is 0 Å². The minimum absolute atomic E-state index is 0.0594. The number of amides is 1. The van der Waals surface area contributed by atoms with Gasteiger partial charge in [-0.05, 0) is 38.8 Å². The Morgan fingerprint density at radius 3 is 2.81 bits per heavy atom. The molecule has 1 aliphatic heterocycles. The van der Waals surface area contributed by atoms with Gasteiger partial charge in [-0.25, -0.2) is 19.6 Å². The van der Waals surface area contributed by atoms with Crippen LogP contribution in [-0.4, -0.2) is 49.8 Å². The largest absolute Gasteiger partial charge is 0.347 e. The third kappa shape index (κ3) is 3.60. The summed E-state index contributed by atoms with van der Waals surface area (Å²) < 4.78 is 1.86. The minimum atomic E-state index is -0.109. The summed E-state index contributed by atoms with van der Waals surface area (Å²) >= 11 is 0. The van der Waals surface area contributed by atoms with Crippen molar-refractivity contribution in [2.75, 3.05) is 18.0 Å². The third-order valence-corrected chi connectivity index (χ3v) is 4.78. The number of hydrogen-bond donors (Lipinski definition) is 1. The summed E-state index contributed by atoms with van der Waals surface area (Å²) in [6, 6.07) is 3.94. The predicted octanol–water partition coefficient (Wildman–Crippen LogP) is 2.20. The van der Waals surface area contributed by atoms with Crippen molar-refractivity contribution in [1.82, 2.24) is 30.0 Å². The Morgan fingerprint density at radius 2 is 2.04 bits per heavy atom. The summed E-state index contributed by atoms with van der Waals surface area (Å²) in [6.07, 6.45) is 8.79. The van der Waals surface area contributed by atoms with Crippen molar-refractivity contribution in [3.63, 3.8) is 0 Å². The molecule has 0 aliphatic carbocycles. The second-order valence-corrected chi connectivity index (χ2v) is 7.13. The molecule has 0 bridgehead atoms. The van der Waals surface area contributed by atoms with Crippen LogP contribution >= 0.6 is 0 Å². The van der Waals surface area contributed by atoms with E-state index in [4.69, 9.17) is 0 Å². The highest BCUT2D eigenvalue weighted by Gasteiger charge is 2.23. The number of aromatic nitrogens is 5. The lowest BCUT2D eigenvalue weighted by molar-refractivity contribution is 0.0933. The van der Waals surface area contributed by atoms with E-state index in [0.29, 0.717) is 18.1 Å². The number of hydrogen-bond acceptors (Lipinski definition) is 6. The average molecular weight is 365 g/mol. The second-order valence-electron chi connectivity index (χ2n) is 7.13. The number of fused-ring (bicyclic) bond motifs is 1. The van der Waals surface area contributed by atoms with E-state index in [-0.39, 0.29) is 18.0 Å². The highest BCUT2D eigenvalue weighted by molar-refractivity contribution is 5.97. The topological polar surface area (TPSA) is 88.8 Å². The molecule has 1 N–H and O–H groups in total. The van der Waals surface area contributed by atoms with E-state index < -0.39 is 0 Å². The highest BCUT2D eigenvalue weighted by atomic mass is 16.1. The van der Waals surface area contributed by atoms with Crippen LogP contribution in [0.4, 0.5) is 5.95 Å². The Hall–Kier alpha value is -3.03. The van der Waals surface area contributed by atoms with Gasteiger partial charge in [-0.15, -0.1) is 0 Å². The molecule has 140 valence electrons. The molecule has 1 amide bonds. The maximum atomic E-state index is 12.7. The lowest BCUT2D eigenvalue weighted by atomic mass is 10.1. The quantitative estimate of drug-likeness (QED) is 0.762. The first kappa shape index (κ1) is 17.4. The number of pyridine rings is 1. The van der Waals surface area contributed by atoms with Crippen LogP contribution in [0.5, 0.6) is 0 Å². The maximum absolute atomic E-state index is 12.7. The van der Waals surface area contributed by atoms with E-state index in [9.17, 15) is 4.79 Å². The monoisotopic (exact) mass is 365 g/mol. The molecule has 4 rings (SSSR count). The smallest absolute Gasteiger partial charge is 0.253 e. The van der Waals surface area contributed by atoms with Crippen molar-refractivity contribution >= 4 is 22.9 Å². The van der Waals surface area contributed by atoms with E-state index in [1.807, 2.05) is 10.7 Å². The summed E-state index contributed by atoms with van der Waals surface area (Å²) in [4.78, 5) is 27.9. The van der Waals surface area contributed by atoms with Crippen molar-refractivity contribution in [1.29, 1.82) is 0 Å². The van der Waals surface area contributed by atoms with Crippen molar-refractivity contribution in [3.8, 4) is 0 Å². The van der Waals surface area contributed by atoms with Crippen LogP contribution in [0, 0.1) is 0 Å². The Labute approximate surface area is 157 Å². The fourth-order valence-corrected chi connectivity index (χ4v) is 3.44.